The van der Waals surface area contributed by atoms with E-state index in [1.165, 1.54) is 12.1 Å². The minimum absolute atomic E-state index is 0.00749. The first-order chi connectivity index (χ1) is 8.72. The molecule has 0 saturated carbocycles. The third kappa shape index (κ3) is 6.20. The zero-order valence-electron chi connectivity index (χ0n) is 10.5. The summed E-state index contributed by atoms with van der Waals surface area (Å²) in [6, 6.07) is 5.97. The number of hydrogen-bond donors (Lipinski definition) is 2. The molecular weight excluding hydrogens is 235 g/mol. The van der Waals surface area contributed by atoms with Gasteiger partial charge in [-0.15, -0.1) is 0 Å². The Bertz CT molecular complexity index is 372. The predicted molar refractivity (Wildman–Crippen MR) is 68.1 cm³/mol. The first-order valence-corrected chi connectivity index (χ1v) is 6.02. The highest BCUT2D eigenvalue weighted by Gasteiger charge is 2.01. The van der Waals surface area contributed by atoms with Gasteiger partial charge in [0.05, 0.1) is 6.61 Å². The Balaban J connectivity index is 2.09. The molecule has 18 heavy (non-hydrogen) atoms. The van der Waals surface area contributed by atoms with E-state index >= 15 is 0 Å². The van der Waals surface area contributed by atoms with Crippen molar-refractivity contribution in [1.29, 1.82) is 0 Å². The third-order valence-electron chi connectivity index (χ3n) is 2.31. The van der Waals surface area contributed by atoms with Crippen molar-refractivity contribution in [2.75, 3.05) is 26.7 Å². The number of halogens is 1. The number of likely N-dealkylation sites (N-methyl/N-ethyl adjacent to an activating group) is 1. The number of hydrogen-bond acceptors (Lipinski definition) is 3. The van der Waals surface area contributed by atoms with Crippen molar-refractivity contribution < 1.29 is 13.9 Å². The van der Waals surface area contributed by atoms with Gasteiger partial charge in [-0.2, -0.15) is 0 Å². The fourth-order valence-electron chi connectivity index (χ4n) is 1.39. The lowest BCUT2D eigenvalue weighted by molar-refractivity contribution is -0.121. The van der Waals surface area contributed by atoms with Crippen molar-refractivity contribution in [2.45, 2.75) is 12.8 Å². The summed E-state index contributed by atoms with van der Waals surface area (Å²) in [7, 11) is 1.83. The van der Waals surface area contributed by atoms with E-state index in [4.69, 9.17) is 4.74 Å². The van der Waals surface area contributed by atoms with Crippen molar-refractivity contribution >= 4 is 5.91 Å². The monoisotopic (exact) mass is 254 g/mol. The molecule has 0 aliphatic rings. The van der Waals surface area contributed by atoms with Crippen LogP contribution in [0.25, 0.3) is 0 Å². The van der Waals surface area contributed by atoms with E-state index in [-0.39, 0.29) is 11.7 Å². The summed E-state index contributed by atoms with van der Waals surface area (Å²) in [5.41, 5.74) is 0. The van der Waals surface area contributed by atoms with Crippen molar-refractivity contribution in [3.05, 3.63) is 30.1 Å². The first kappa shape index (κ1) is 14.4. The quantitative estimate of drug-likeness (QED) is 0.688. The molecule has 2 N–H and O–H groups in total. The van der Waals surface area contributed by atoms with E-state index < -0.39 is 0 Å². The topological polar surface area (TPSA) is 50.4 Å². The smallest absolute Gasteiger partial charge is 0.220 e. The Morgan fingerprint density at radius 2 is 2.22 bits per heavy atom. The van der Waals surface area contributed by atoms with Gasteiger partial charge in [-0.1, -0.05) is 6.07 Å². The molecule has 5 heteroatoms. The normalized spacial score (nSPS) is 10.1. The number of carbonyl (C=O) groups is 1. The third-order valence-corrected chi connectivity index (χ3v) is 2.31. The van der Waals surface area contributed by atoms with E-state index in [1.807, 2.05) is 7.05 Å². The fourth-order valence-corrected chi connectivity index (χ4v) is 1.39. The maximum absolute atomic E-state index is 12.8. The number of nitrogens with one attached hydrogen (secondary N) is 2. The Labute approximate surface area is 107 Å². The summed E-state index contributed by atoms with van der Waals surface area (Å²) in [6.45, 7) is 1.79. The molecule has 0 spiro atoms. The molecule has 0 aliphatic carbocycles. The van der Waals surface area contributed by atoms with Gasteiger partial charge < -0.3 is 15.4 Å². The molecule has 0 unspecified atom stereocenters. The van der Waals surface area contributed by atoms with Crippen molar-refractivity contribution in [1.82, 2.24) is 10.6 Å². The van der Waals surface area contributed by atoms with E-state index in [2.05, 4.69) is 10.6 Å². The van der Waals surface area contributed by atoms with E-state index in [1.54, 1.807) is 12.1 Å². The number of benzene rings is 1. The Morgan fingerprint density at radius 1 is 1.39 bits per heavy atom. The molecular formula is C13H19FN2O2. The summed E-state index contributed by atoms with van der Waals surface area (Å²) in [4.78, 5) is 11.3. The lowest BCUT2D eigenvalue weighted by Crippen LogP contribution is -2.30. The minimum Gasteiger partial charge on any atom is -0.493 e. The van der Waals surface area contributed by atoms with Crippen LogP contribution < -0.4 is 15.4 Å². The summed E-state index contributed by atoms with van der Waals surface area (Å²) in [6.07, 6.45) is 1.03. The van der Waals surface area contributed by atoms with Crippen LogP contribution >= 0.6 is 0 Å². The highest BCUT2D eigenvalue weighted by Crippen LogP contribution is 2.12. The highest BCUT2D eigenvalue weighted by molar-refractivity contribution is 5.75. The molecule has 0 aromatic heterocycles. The van der Waals surface area contributed by atoms with Crippen LogP contribution in [-0.2, 0) is 4.79 Å². The lowest BCUT2D eigenvalue weighted by atomic mass is 10.3. The highest BCUT2D eigenvalue weighted by atomic mass is 19.1. The lowest BCUT2D eigenvalue weighted by Gasteiger charge is -2.07. The Kier molecular flexibility index (Phi) is 6.79. The van der Waals surface area contributed by atoms with Crippen LogP contribution in [0.15, 0.2) is 24.3 Å². The number of amides is 1. The second-order valence-corrected chi connectivity index (χ2v) is 3.86. The average molecular weight is 254 g/mol. The zero-order chi connectivity index (χ0) is 13.2. The van der Waals surface area contributed by atoms with Gasteiger partial charge in [0.2, 0.25) is 5.91 Å². The average Bonchev–Trinajstić information content (AvgIpc) is 2.35. The van der Waals surface area contributed by atoms with Crippen LogP contribution in [0.4, 0.5) is 4.39 Å². The summed E-state index contributed by atoms with van der Waals surface area (Å²) < 4.78 is 18.2. The van der Waals surface area contributed by atoms with Gasteiger partial charge in [0.25, 0.3) is 0 Å². The van der Waals surface area contributed by atoms with E-state index in [0.29, 0.717) is 31.7 Å². The van der Waals surface area contributed by atoms with Crippen LogP contribution in [0.2, 0.25) is 0 Å². The molecule has 0 radical (unpaired) electrons. The van der Waals surface area contributed by atoms with E-state index in [9.17, 15) is 9.18 Å². The van der Waals surface area contributed by atoms with Gasteiger partial charge in [-0.3, -0.25) is 4.79 Å². The summed E-state index contributed by atoms with van der Waals surface area (Å²) in [5, 5.41) is 5.72. The second-order valence-electron chi connectivity index (χ2n) is 3.86. The fraction of sp³-hybridized carbons (Fsp3) is 0.462. The number of ether oxygens (including phenoxy) is 1. The van der Waals surface area contributed by atoms with Crippen LogP contribution in [0.5, 0.6) is 5.75 Å². The molecule has 1 aromatic carbocycles. The SMILES string of the molecule is CNCCNC(=O)CCCOc1cccc(F)c1. The van der Waals surface area contributed by atoms with Gasteiger partial charge in [0, 0.05) is 25.6 Å². The van der Waals surface area contributed by atoms with Crippen molar-refractivity contribution in [3.63, 3.8) is 0 Å². The minimum atomic E-state index is -0.322. The molecule has 1 rings (SSSR count). The van der Waals surface area contributed by atoms with Gasteiger partial charge in [-0.05, 0) is 25.6 Å². The van der Waals surface area contributed by atoms with Crippen molar-refractivity contribution in [2.24, 2.45) is 0 Å². The van der Waals surface area contributed by atoms with Crippen LogP contribution in [0.3, 0.4) is 0 Å². The maximum atomic E-state index is 12.8. The van der Waals surface area contributed by atoms with Crippen LogP contribution in [0, 0.1) is 5.82 Å². The largest absolute Gasteiger partial charge is 0.493 e. The van der Waals surface area contributed by atoms with E-state index in [0.717, 1.165) is 6.54 Å². The van der Waals surface area contributed by atoms with Gasteiger partial charge >= 0.3 is 0 Å². The molecule has 0 atom stereocenters. The molecule has 0 saturated heterocycles. The maximum Gasteiger partial charge on any atom is 0.220 e. The van der Waals surface area contributed by atoms with Gasteiger partial charge in [-0.25, -0.2) is 4.39 Å². The molecule has 100 valence electrons. The predicted octanol–water partition coefficient (Wildman–Crippen LogP) is 1.32. The molecule has 1 amide bonds. The molecule has 4 nitrogen and oxygen atoms in total. The molecule has 0 heterocycles. The number of rotatable bonds is 8. The Hall–Kier alpha value is -1.62. The Morgan fingerprint density at radius 3 is 2.94 bits per heavy atom. The standard InChI is InChI=1S/C13H19FN2O2/c1-15-7-8-16-13(17)6-3-9-18-12-5-2-4-11(14)10-12/h2,4-5,10,15H,3,6-9H2,1H3,(H,16,17). The molecule has 0 fully saturated rings. The van der Waals surface area contributed by atoms with Crippen LogP contribution in [-0.4, -0.2) is 32.7 Å². The van der Waals surface area contributed by atoms with Gasteiger partial charge in [0.15, 0.2) is 0 Å². The summed E-state index contributed by atoms with van der Waals surface area (Å²) in [5.74, 6) is 0.177. The summed E-state index contributed by atoms with van der Waals surface area (Å²) >= 11 is 0. The zero-order valence-corrected chi connectivity index (χ0v) is 10.5. The number of carbonyl (C=O) groups excluding carboxylic acids is 1. The molecule has 0 bridgehead atoms. The second kappa shape index (κ2) is 8.47. The molecule has 1 aromatic rings. The van der Waals surface area contributed by atoms with Gasteiger partial charge in [0.1, 0.15) is 11.6 Å². The first-order valence-electron chi connectivity index (χ1n) is 6.02. The van der Waals surface area contributed by atoms with Crippen molar-refractivity contribution in [3.8, 4) is 5.75 Å². The molecule has 0 aliphatic heterocycles. The van der Waals surface area contributed by atoms with Crippen LogP contribution in [0.1, 0.15) is 12.8 Å².